The Kier molecular flexibility index (Phi) is 5.09. The molecular weight excluding hydrogens is 356 g/mol. The van der Waals surface area contributed by atoms with Crippen molar-refractivity contribution in [2.24, 2.45) is 0 Å². The maximum Gasteiger partial charge on any atom is 0.257 e. The van der Waals surface area contributed by atoms with Gasteiger partial charge in [0.1, 0.15) is 5.75 Å². The third-order valence-corrected chi connectivity index (χ3v) is 3.54. The Hall–Kier alpha value is -1.72. The monoisotopic (exact) mass is 368 g/mol. The maximum atomic E-state index is 12.2. The number of nitrogens with two attached hydrogens (primary N) is 1. The number of nitrogen functional groups attached to an aromatic ring is 1. The van der Waals surface area contributed by atoms with E-state index < -0.39 is 0 Å². The van der Waals surface area contributed by atoms with E-state index >= 15 is 0 Å². The number of anilines is 2. The van der Waals surface area contributed by atoms with Crippen LogP contribution in [-0.4, -0.2) is 12.5 Å². The number of hydrogen-bond acceptors (Lipinski definition) is 3. The Morgan fingerprint density at radius 1 is 1.33 bits per heavy atom. The lowest BCUT2D eigenvalue weighted by Gasteiger charge is -2.10. The van der Waals surface area contributed by atoms with Crippen LogP contribution in [0.25, 0.3) is 0 Å². The van der Waals surface area contributed by atoms with E-state index in [2.05, 4.69) is 21.2 Å². The molecule has 0 saturated carbocycles. The second kappa shape index (κ2) is 6.83. The van der Waals surface area contributed by atoms with Gasteiger partial charge >= 0.3 is 0 Å². The van der Waals surface area contributed by atoms with Crippen LogP contribution in [-0.2, 0) is 0 Å². The van der Waals surface area contributed by atoms with Crippen LogP contribution < -0.4 is 15.8 Å². The number of carbonyl (C=O) groups is 1. The molecule has 0 heterocycles. The van der Waals surface area contributed by atoms with Crippen LogP contribution in [0, 0.1) is 0 Å². The van der Waals surface area contributed by atoms with Gasteiger partial charge in [-0.05, 0) is 43.3 Å². The van der Waals surface area contributed by atoms with E-state index in [4.69, 9.17) is 22.1 Å². The Bertz CT molecular complexity index is 677. The topological polar surface area (TPSA) is 64.3 Å². The zero-order chi connectivity index (χ0) is 15.4. The van der Waals surface area contributed by atoms with Gasteiger partial charge in [-0.15, -0.1) is 0 Å². The first-order valence-corrected chi connectivity index (χ1v) is 7.47. The minimum atomic E-state index is -0.291. The van der Waals surface area contributed by atoms with Gasteiger partial charge in [0, 0.05) is 15.8 Å². The molecule has 0 atom stereocenters. The van der Waals surface area contributed by atoms with E-state index in [0.717, 1.165) is 4.47 Å². The summed E-state index contributed by atoms with van der Waals surface area (Å²) in [5.41, 5.74) is 7.22. The molecule has 21 heavy (non-hydrogen) atoms. The molecule has 0 unspecified atom stereocenters. The van der Waals surface area contributed by atoms with Gasteiger partial charge in [0.25, 0.3) is 5.91 Å². The molecule has 0 radical (unpaired) electrons. The Morgan fingerprint density at radius 2 is 2.10 bits per heavy atom. The molecule has 2 aromatic carbocycles. The molecule has 0 aromatic heterocycles. The van der Waals surface area contributed by atoms with Gasteiger partial charge < -0.3 is 15.8 Å². The van der Waals surface area contributed by atoms with E-state index in [1.165, 1.54) is 0 Å². The molecule has 6 heteroatoms. The maximum absolute atomic E-state index is 12.2. The quantitative estimate of drug-likeness (QED) is 0.788. The highest BCUT2D eigenvalue weighted by atomic mass is 79.9. The van der Waals surface area contributed by atoms with Crippen LogP contribution in [0.3, 0.4) is 0 Å². The standard InChI is InChI=1S/C15H14BrClN2O2/c1-2-21-14-6-4-10(8-12(14)17)19-15(20)11-5-3-9(16)7-13(11)18/h3-8H,2,18H2,1H3,(H,19,20). The molecule has 1 amide bonds. The smallest absolute Gasteiger partial charge is 0.257 e. The fourth-order valence-corrected chi connectivity index (χ4v) is 2.40. The summed E-state index contributed by atoms with van der Waals surface area (Å²) < 4.78 is 6.16. The summed E-state index contributed by atoms with van der Waals surface area (Å²) in [6.07, 6.45) is 0. The van der Waals surface area contributed by atoms with Crippen molar-refractivity contribution in [1.82, 2.24) is 0 Å². The van der Waals surface area contributed by atoms with E-state index in [9.17, 15) is 4.79 Å². The molecular formula is C15H14BrClN2O2. The lowest BCUT2D eigenvalue weighted by molar-refractivity contribution is 0.102. The first kappa shape index (κ1) is 15.7. The molecule has 4 nitrogen and oxygen atoms in total. The van der Waals surface area contributed by atoms with Crippen molar-refractivity contribution in [3.05, 3.63) is 51.5 Å². The molecule has 0 aliphatic carbocycles. The first-order chi connectivity index (χ1) is 10.0. The third kappa shape index (κ3) is 3.89. The number of halogens is 2. The van der Waals surface area contributed by atoms with Crippen molar-refractivity contribution in [3.8, 4) is 5.75 Å². The summed E-state index contributed by atoms with van der Waals surface area (Å²) in [4.78, 5) is 12.2. The van der Waals surface area contributed by atoms with Crippen LogP contribution in [0.1, 0.15) is 17.3 Å². The zero-order valence-electron chi connectivity index (χ0n) is 11.3. The number of carbonyl (C=O) groups excluding carboxylic acids is 1. The van der Waals surface area contributed by atoms with Crippen molar-refractivity contribution in [2.45, 2.75) is 6.92 Å². The summed E-state index contributed by atoms with van der Waals surface area (Å²) in [6, 6.07) is 10.2. The van der Waals surface area contributed by atoms with Gasteiger partial charge in [-0.2, -0.15) is 0 Å². The van der Waals surface area contributed by atoms with Crippen molar-refractivity contribution in [2.75, 3.05) is 17.7 Å². The van der Waals surface area contributed by atoms with E-state index in [0.29, 0.717) is 34.3 Å². The van der Waals surface area contributed by atoms with Crippen LogP contribution in [0.5, 0.6) is 5.75 Å². The predicted molar refractivity (Wildman–Crippen MR) is 89.1 cm³/mol. The minimum absolute atomic E-state index is 0.291. The van der Waals surface area contributed by atoms with Gasteiger partial charge in [0.05, 0.1) is 17.2 Å². The van der Waals surface area contributed by atoms with Gasteiger partial charge in [0.2, 0.25) is 0 Å². The molecule has 2 aromatic rings. The Morgan fingerprint density at radius 3 is 2.71 bits per heavy atom. The largest absolute Gasteiger partial charge is 0.492 e. The summed E-state index contributed by atoms with van der Waals surface area (Å²) in [6.45, 7) is 2.41. The van der Waals surface area contributed by atoms with E-state index in [1.807, 2.05) is 6.92 Å². The van der Waals surface area contributed by atoms with Crippen molar-refractivity contribution in [3.63, 3.8) is 0 Å². The van der Waals surface area contributed by atoms with Crippen molar-refractivity contribution < 1.29 is 9.53 Å². The molecule has 0 aliphatic heterocycles. The SMILES string of the molecule is CCOc1ccc(NC(=O)c2ccc(Br)cc2N)cc1Cl. The van der Waals surface area contributed by atoms with Gasteiger partial charge in [-0.3, -0.25) is 4.79 Å². The van der Waals surface area contributed by atoms with E-state index in [-0.39, 0.29) is 5.91 Å². The fraction of sp³-hybridized carbons (Fsp3) is 0.133. The summed E-state index contributed by atoms with van der Waals surface area (Å²) >= 11 is 9.38. The van der Waals surface area contributed by atoms with Crippen LogP contribution in [0.2, 0.25) is 5.02 Å². The third-order valence-electron chi connectivity index (χ3n) is 2.75. The lowest BCUT2D eigenvalue weighted by atomic mass is 10.1. The lowest BCUT2D eigenvalue weighted by Crippen LogP contribution is -2.14. The van der Waals surface area contributed by atoms with Crippen LogP contribution in [0.15, 0.2) is 40.9 Å². The fourth-order valence-electron chi connectivity index (χ4n) is 1.79. The molecule has 0 fully saturated rings. The summed E-state index contributed by atoms with van der Waals surface area (Å²) in [7, 11) is 0. The second-order valence-electron chi connectivity index (χ2n) is 4.26. The number of nitrogens with one attached hydrogen (secondary N) is 1. The number of hydrogen-bond donors (Lipinski definition) is 2. The second-order valence-corrected chi connectivity index (χ2v) is 5.59. The van der Waals surface area contributed by atoms with Crippen molar-refractivity contribution in [1.29, 1.82) is 0 Å². The molecule has 0 aliphatic rings. The van der Waals surface area contributed by atoms with Gasteiger partial charge in [-0.25, -0.2) is 0 Å². The van der Waals surface area contributed by atoms with Gasteiger partial charge in [-0.1, -0.05) is 27.5 Å². The zero-order valence-corrected chi connectivity index (χ0v) is 13.7. The number of rotatable bonds is 4. The molecule has 3 N–H and O–H groups in total. The van der Waals surface area contributed by atoms with Gasteiger partial charge in [0.15, 0.2) is 0 Å². The molecule has 0 bridgehead atoms. The first-order valence-electron chi connectivity index (χ1n) is 6.30. The highest BCUT2D eigenvalue weighted by Gasteiger charge is 2.11. The normalized spacial score (nSPS) is 10.2. The number of amides is 1. The highest BCUT2D eigenvalue weighted by Crippen LogP contribution is 2.28. The summed E-state index contributed by atoms with van der Waals surface area (Å²) in [5, 5.41) is 3.20. The molecule has 110 valence electrons. The summed E-state index contributed by atoms with van der Waals surface area (Å²) in [5.74, 6) is 0.292. The molecule has 0 spiro atoms. The minimum Gasteiger partial charge on any atom is -0.492 e. The Labute approximate surface area is 136 Å². The highest BCUT2D eigenvalue weighted by molar-refractivity contribution is 9.10. The van der Waals surface area contributed by atoms with Crippen molar-refractivity contribution >= 4 is 44.8 Å². The Balaban J connectivity index is 2.17. The molecule has 2 rings (SSSR count). The predicted octanol–water partition coefficient (Wildman–Crippen LogP) is 4.34. The van der Waals surface area contributed by atoms with E-state index in [1.54, 1.807) is 36.4 Å². The van der Waals surface area contributed by atoms with Crippen LogP contribution >= 0.6 is 27.5 Å². The average Bonchev–Trinajstić information content (AvgIpc) is 2.41. The number of benzene rings is 2. The average molecular weight is 370 g/mol. The molecule has 0 saturated heterocycles. The van der Waals surface area contributed by atoms with Crippen LogP contribution in [0.4, 0.5) is 11.4 Å². The number of ether oxygens (including phenoxy) is 1.